The molecule has 0 aromatic carbocycles. The van der Waals surface area contributed by atoms with Crippen LogP contribution in [0.3, 0.4) is 0 Å². The molecule has 0 unspecified atom stereocenters. The Balaban J connectivity index is 2.36. The fourth-order valence-corrected chi connectivity index (χ4v) is 2.03. The zero-order valence-corrected chi connectivity index (χ0v) is 11.3. The van der Waals surface area contributed by atoms with Crippen molar-refractivity contribution in [2.75, 3.05) is 5.73 Å². The summed E-state index contributed by atoms with van der Waals surface area (Å²) in [7, 11) is 2.92. The third-order valence-electron chi connectivity index (χ3n) is 3.00. The van der Waals surface area contributed by atoms with Crippen molar-refractivity contribution >= 4 is 28.6 Å². The number of H-pyrrole nitrogens is 1. The largest absolute Gasteiger partial charge is 0.381 e. The molecule has 0 aliphatic rings. The average Bonchev–Trinajstić information content (AvgIpc) is 2.99. The minimum Gasteiger partial charge on any atom is -0.381 e. The molecule has 3 aromatic rings. The van der Waals surface area contributed by atoms with Crippen molar-refractivity contribution in [3.05, 3.63) is 32.1 Å². The maximum absolute atomic E-state index is 12.0. The molecule has 104 valence electrons. The van der Waals surface area contributed by atoms with E-state index in [1.807, 2.05) is 0 Å². The standard InChI is InChI=1S/C10H10ClN7O2/c1-16-7-5(8(19)17(2)10(16)20)13-9(14-7)18-3-4(11)6(12)15-18/h3H,1-2H3,(H2,12,15)(H,13,14). The van der Waals surface area contributed by atoms with E-state index in [0.29, 0.717) is 0 Å². The highest BCUT2D eigenvalue weighted by Crippen LogP contribution is 2.18. The SMILES string of the molecule is Cn1c(=O)c2[nH]c(-n3cc(Cl)c(N)n3)nc2n(C)c1=O. The number of aromatic amines is 1. The van der Waals surface area contributed by atoms with Gasteiger partial charge in [0.2, 0.25) is 5.95 Å². The third-order valence-corrected chi connectivity index (χ3v) is 3.29. The molecule has 0 atom stereocenters. The first-order chi connectivity index (χ1) is 9.40. The molecular formula is C10H10ClN7O2. The number of hydrogen-bond donors (Lipinski definition) is 2. The Kier molecular flexibility index (Phi) is 2.48. The first kappa shape index (κ1) is 12.5. The molecule has 3 N–H and O–H groups in total. The van der Waals surface area contributed by atoms with Gasteiger partial charge in [0.05, 0.1) is 6.20 Å². The average molecular weight is 296 g/mol. The second kappa shape index (κ2) is 3.97. The summed E-state index contributed by atoms with van der Waals surface area (Å²) in [4.78, 5) is 30.8. The van der Waals surface area contributed by atoms with Crippen molar-refractivity contribution in [3.8, 4) is 5.95 Å². The van der Waals surface area contributed by atoms with Crippen molar-refractivity contribution in [1.82, 2.24) is 28.9 Å². The summed E-state index contributed by atoms with van der Waals surface area (Å²) < 4.78 is 3.57. The molecule has 0 aliphatic carbocycles. The van der Waals surface area contributed by atoms with Gasteiger partial charge in [-0.1, -0.05) is 11.6 Å². The van der Waals surface area contributed by atoms with Crippen LogP contribution in [0.25, 0.3) is 17.1 Å². The molecule has 0 spiro atoms. The lowest BCUT2D eigenvalue weighted by molar-refractivity contribution is 0.708. The quantitative estimate of drug-likeness (QED) is 0.620. The van der Waals surface area contributed by atoms with Crippen molar-refractivity contribution in [2.24, 2.45) is 14.1 Å². The first-order valence-corrected chi connectivity index (χ1v) is 5.94. The van der Waals surface area contributed by atoms with Crippen LogP contribution in [-0.2, 0) is 14.1 Å². The van der Waals surface area contributed by atoms with Gasteiger partial charge in [-0.15, -0.1) is 5.10 Å². The molecule has 0 radical (unpaired) electrons. The summed E-state index contributed by atoms with van der Waals surface area (Å²) in [6, 6.07) is 0. The van der Waals surface area contributed by atoms with Gasteiger partial charge in [-0.3, -0.25) is 13.9 Å². The van der Waals surface area contributed by atoms with Crippen LogP contribution in [0, 0.1) is 0 Å². The van der Waals surface area contributed by atoms with Gasteiger partial charge in [0.15, 0.2) is 17.0 Å². The number of imidazole rings is 1. The number of fused-ring (bicyclic) bond motifs is 1. The van der Waals surface area contributed by atoms with Crippen LogP contribution in [-0.4, -0.2) is 28.9 Å². The normalized spacial score (nSPS) is 11.3. The zero-order valence-electron chi connectivity index (χ0n) is 10.6. The molecule has 10 heteroatoms. The maximum atomic E-state index is 12.0. The second-order valence-electron chi connectivity index (χ2n) is 4.27. The lowest BCUT2D eigenvalue weighted by atomic mass is 10.5. The van der Waals surface area contributed by atoms with E-state index in [2.05, 4.69) is 15.1 Å². The Morgan fingerprint density at radius 3 is 2.60 bits per heavy atom. The monoisotopic (exact) mass is 295 g/mol. The highest BCUT2D eigenvalue weighted by molar-refractivity contribution is 6.32. The molecule has 0 aliphatic heterocycles. The molecule has 20 heavy (non-hydrogen) atoms. The second-order valence-corrected chi connectivity index (χ2v) is 4.68. The number of nitrogens with zero attached hydrogens (tertiary/aromatic N) is 5. The van der Waals surface area contributed by atoms with Crippen LogP contribution in [0.1, 0.15) is 0 Å². The van der Waals surface area contributed by atoms with Crippen LogP contribution < -0.4 is 17.0 Å². The van der Waals surface area contributed by atoms with Crippen molar-refractivity contribution in [2.45, 2.75) is 0 Å². The summed E-state index contributed by atoms with van der Waals surface area (Å²) in [6.07, 6.45) is 1.46. The molecule has 0 saturated carbocycles. The minimum atomic E-state index is -0.465. The zero-order chi connectivity index (χ0) is 14.6. The summed E-state index contributed by atoms with van der Waals surface area (Å²) in [5.41, 5.74) is 5.07. The van der Waals surface area contributed by atoms with Gasteiger partial charge >= 0.3 is 5.69 Å². The number of nitrogens with one attached hydrogen (secondary N) is 1. The number of nitrogens with two attached hydrogens (primary N) is 1. The van der Waals surface area contributed by atoms with Gasteiger partial charge in [0.25, 0.3) is 5.56 Å². The number of nitrogen functional groups attached to an aromatic ring is 1. The number of hydrogen-bond acceptors (Lipinski definition) is 5. The molecule has 0 fully saturated rings. The number of aryl methyl sites for hydroxylation is 1. The lowest BCUT2D eigenvalue weighted by Gasteiger charge is -2.00. The van der Waals surface area contributed by atoms with Gasteiger partial charge in [-0.05, 0) is 0 Å². The maximum Gasteiger partial charge on any atom is 0.332 e. The van der Waals surface area contributed by atoms with E-state index in [1.165, 1.54) is 29.5 Å². The van der Waals surface area contributed by atoms with E-state index < -0.39 is 11.2 Å². The van der Waals surface area contributed by atoms with E-state index in [4.69, 9.17) is 17.3 Å². The Morgan fingerprint density at radius 1 is 1.30 bits per heavy atom. The third kappa shape index (κ3) is 1.56. The van der Waals surface area contributed by atoms with Gasteiger partial charge in [-0.25, -0.2) is 9.48 Å². The number of anilines is 1. The predicted molar refractivity (Wildman–Crippen MR) is 73.1 cm³/mol. The van der Waals surface area contributed by atoms with Gasteiger partial charge < -0.3 is 10.7 Å². The fourth-order valence-electron chi connectivity index (χ4n) is 1.90. The lowest BCUT2D eigenvalue weighted by Crippen LogP contribution is -2.36. The highest BCUT2D eigenvalue weighted by Gasteiger charge is 2.15. The van der Waals surface area contributed by atoms with Crippen LogP contribution in [0.2, 0.25) is 5.02 Å². The molecule has 3 rings (SSSR count). The molecule has 0 amide bonds. The predicted octanol–water partition coefficient (Wildman–Crippen LogP) is -0.618. The van der Waals surface area contributed by atoms with Crippen molar-refractivity contribution < 1.29 is 0 Å². The van der Waals surface area contributed by atoms with E-state index in [1.54, 1.807) is 0 Å². The van der Waals surface area contributed by atoms with Crippen LogP contribution in [0.15, 0.2) is 15.8 Å². The molecular weight excluding hydrogens is 286 g/mol. The summed E-state index contributed by atoms with van der Waals surface area (Å²) in [5, 5.41) is 4.22. The number of aromatic nitrogens is 6. The number of halogens is 1. The van der Waals surface area contributed by atoms with Gasteiger partial charge in [0.1, 0.15) is 5.02 Å². The molecule has 9 nitrogen and oxygen atoms in total. The molecule has 0 bridgehead atoms. The highest BCUT2D eigenvalue weighted by atomic mass is 35.5. The Bertz CT molecular complexity index is 926. The van der Waals surface area contributed by atoms with Crippen molar-refractivity contribution in [1.29, 1.82) is 0 Å². The molecule has 3 aromatic heterocycles. The Hall–Kier alpha value is -2.55. The first-order valence-electron chi connectivity index (χ1n) is 5.57. The van der Waals surface area contributed by atoms with Crippen LogP contribution in [0.4, 0.5) is 5.82 Å². The molecule has 0 saturated heterocycles. The summed E-state index contributed by atoms with van der Waals surface area (Å²) >= 11 is 5.82. The fraction of sp³-hybridized carbons (Fsp3) is 0.200. The van der Waals surface area contributed by atoms with Gasteiger partial charge in [-0.2, -0.15) is 4.98 Å². The smallest absolute Gasteiger partial charge is 0.332 e. The Morgan fingerprint density at radius 2 is 2.00 bits per heavy atom. The number of rotatable bonds is 1. The van der Waals surface area contributed by atoms with E-state index in [9.17, 15) is 9.59 Å². The minimum absolute atomic E-state index is 0.147. The Labute approximate surface area is 116 Å². The van der Waals surface area contributed by atoms with Crippen LogP contribution in [0.5, 0.6) is 0 Å². The van der Waals surface area contributed by atoms with Gasteiger partial charge in [0, 0.05) is 14.1 Å². The summed E-state index contributed by atoms with van der Waals surface area (Å²) in [6.45, 7) is 0. The molecule has 3 heterocycles. The van der Waals surface area contributed by atoms with E-state index in [0.717, 1.165) is 4.57 Å². The van der Waals surface area contributed by atoms with E-state index >= 15 is 0 Å². The van der Waals surface area contributed by atoms with Crippen molar-refractivity contribution in [3.63, 3.8) is 0 Å². The van der Waals surface area contributed by atoms with Crippen LogP contribution >= 0.6 is 11.6 Å². The van der Waals surface area contributed by atoms with E-state index in [-0.39, 0.29) is 28.0 Å². The summed E-state index contributed by atoms with van der Waals surface area (Å²) in [5.74, 6) is 0.394. The topological polar surface area (TPSA) is 117 Å².